The number of nitrogens with zero attached hydrogens (tertiary/aromatic N) is 1. The van der Waals surface area contributed by atoms with Crippen LogP contribution in [0.4, 0.5) is 0 Å². The van der Waals surface area contributed by atoms with E-state index in [4.69, 9.17) is 5.11 Å². The Hall–Kier alpha value is -1.91. The van der Waals surface area contributed by atoms with E-state index >= 15 is 0 Å². The predicted octanol–water partition coefficient (Wildman–Crippen LogP) is 1.55. The number of rotatable bonds is 6. The quantitative estimate of drug-likeness (QED) is 0.817. The van der Waals surface area contributed by atoms with Gasteiger partial charge < -0.3 is 10.4 Å². The molecule has 2 N–H and O–H groups in total. The maximum atomic E-state index is 11.9. The summed E-state index contributed by atoms with van der Waals surface area (Å²) in [6.07, 6.45) is 2.42. The molecule has 0 radical (unpaired) electrons. The Kier molecular flexibility index (Phi) is 5.48. The minimum Gasteiger partial charge on any atom is -0.480 e. The molecule has 0 fully saturated rings. The van der Waals surface area contributed by atoms with Gasteiger partial charge in [-0.3, -0.25) is 9.78 Å². The summed E-state index contributed by atoms with van der Waals surface area (Å²) >= 11 is 0. The number of amides is 1. The second-order valence-corrected chi connectivity index (χ2v) is 4.71. The second-order valence-electron chi connectivity index (χ2n) is 4.71. The highest BCUT2D eigenvalue weighted by Crippen LogP contribution is 2.09. The van der Waals surface area contributed by atoms with Gasteiger partial charge >= 0.3 is 5.97 Å². The van der Waals surface area contributed by atoms with Crippen molar-refractivity contribution in [1.29, 1.82) is 0 Å². The molecule has 0 spiro atoms. The van der Waals surface area contributed by atoms with Crippen LogP contribution in [0.25, 0.3) is 0 Å². The number of aliphatic carboxylic acids is 1. The van der Waals surface area contributed by atoms with Gasteiger partial charge in [-0.05, 0) is 24.5 Å². The third-order valence-corrected chi connectivity index (χ3v) is 3.24. The van der Waals surface area contributed by atoms with Crippen LogP contribution in [0.15, 0.2) is 18.3 Å². The van der Waals surface area contributed by atoms with E-state index in [0.717, 1.165) is 5.56 Å². The van der Waals surface area contributed by atoms with E-state index in [2.05, 4.69) is 10.3 Å². The van der Waals surface area contributed by atoms with Crippen LogP contribution in [0, 0.1) is 12.8 Å². The topological polar surface area (TPSA) is 79.3 Å². The van der Waals surface area contributed by atoms with Crippen LogP contribution in [-0.4, -0.2) is 28.0 Å². The smallest absolute Gasteiger partial charge is 0.326 e. The van der Waals surface area contributed by atoms with Crippen molar-refractivity contribution in [3.63, 3.8) is 0 Å². The standard InChI is InChI=1S/C14H20N2O3/c1-4-9(2)13(14(18)19)16-12(17)8-11-10(3)6-5-7-15-11/h5-7,9,13H,4,8H2,1-3H3,(H,16,17)(H,18,19)/t9-,13-/m0/s1. The van der Waals surface area contributed by atoms with Gasteiger partial charge in [0.2, 0.25) is 5.91 Å². The number of pyridine rings is 1. The Morgan fingerprint density at radius 2 is 2.16 bits per heavy atom. The summed E-state index contributed by atoms with van der Waals surface area (Å²) in [7, 11) is 0. The minimum absolute atomic E-state index is 0.104. The van der Waals surface area contributed by atoms with Gasteiger partial charge in [0, 0.05) is 6.20 Å². The monoisotopic (exact) mass is 264 g/mol. The van der Waals surface area contributed by atoms with Gasteiger partial charge in [0.1, 0.15) is 6.04 Å². The van der Waals surface area contributed by atoms with Crippen LogP contribution in [0.3, 0.4) is 0 Å². The Morgan fingerprint density at radius 3 is 2.68 bits per heavy atom. The lowest BCUT2D eigenvalue weighted by Crippen LogP contribution is -2.45. The van der Waals surface area contributed by atoms with Crippen LogP contribution >= 0.6 is 0 Å². The number of hydrogen-bond donors (Lipinski definition) is 2. The Morgan fingerprint density at radius 1 is 1.47 bits per heavy atom. The number of carboxylic acid groups (broad SMARTS) is 1. The van der Waals surface area contributed by atoms with Gasteiger partial charge in [-0.1, -0.05) is 26.3 Å². The van der Waals surface area contributed by atoms with Crippen molar-refractivity contribution in [2.24, 2.45) is 5.92 Å². The lowest BCUT2D eigenvalue weighted by molar-refractivity contribution is -0.143. The summed E-state index contributed by atoms with van der Waals surface area (Å²) in [5.74, 6) is -1.42. The third-order valence-electron chi connectivity index (χ3n) is 3.24. The molecule has 2 atom stereocenters. The van der Waals surface area contributed by atoms with Crippen molar-refractivity contribution in [1.82, 2.24) is 10.3 Å². The maximum Gasteiger partial charge on any atom is 0.326 e. The SMILES string of the molecule is CC[C@H](C)[C@H](NC(=O)Cc1ncccc1C)C(=O)O. The largest absolute Gasteiger partial charge is 0.480 e. The molecule has 0 aromatic carbocycles. The molecule has 1 amide bonds. The molecule has 1 rings (SSSR count). The highest BCUT2D eigenvalue weighted by Gasteiger charge is 2.25. The van der Waals surface area contributed by atoms with Gasteiger partial charge in [0.05, 0.1) is 12.1 Å². The molecule has 0 aliphatic heterocycles. The molecule has 0 aliphatic carbocycles. The lowest BCUT2D eigenvalue weighted by Gasteiger charge is -2.20. The zero-order valence-corrected chi connectivity index (χ0v) is 11.5. The molecule has 0 aliphatic rings. The van der Waals surface area contributed by atoms with Gasteiger partial charge in [0.15, 0.2) is 0 Å². The second kappa shape index (κ2) is 6.87. The highest BCUT2D eigenvalue weighted by atomic mass is 16.4. The molecular formula is C14H20N2O3. The first kappa shape index (κ1) is 15.1. The Balaban J connectivity index is 2.68. The summed E-state index contributed by atoms with van der Waals surface area (Å²) in [4.78, 5) is 27.1. The molecule has 5 heteroatoms. The van der Waals surface area contributed by atoms with E-state index in [1.165, 1.54) is 0 Å². The normalized spacial score (nSPS) is 13.6. The van der Waals surface area contributed by atoms with Gasteiger partial charge in [0.25, 0.3) is 0 Å². The molecule has 5 nitrogen and oxygen atoms in total. The predicted molar refractivity (Wildman–Crippen MR) is 71.7 cm³/mol. The van der Waals surface area contributed by atoms with E-state index < -0.39 is 12.0 Å². The average molecular weight is 264 g/mol. The number of aromatic nitrogens is 1. The van der Waals surface area contributed by atoms with Gasteiger partial charge in [-0.25, -0.2) is 4.79 Å². The molecule has 1 aromatic rings. The highest BCUT2D eigenvalue weighted by molar-refractivity contribution is 5.84. The number of hydrogen-bond acceptors (Lipinski definition) is 3. The number of nitrogens with one attached hydrogen (secondary N) is 1. The van der Waals surface area contributed by atoms with Crippen LogP contribution in [0.1, 0.15) is 31.5 Å². The zero-order valence-electron chi connectivity index (χ0n) is 11.5. The molecule has 0 unspecified atom stereocenters. The minimum atomic E-state index is -1.000. The molecule has 0 bridgehead atoms. The van der Waals surface area contributed by atoms with E-state index in [9.17, 15) is 9.59 Å². The number of aryl methyl sites for hydroxylation is 1. The van der Waals surface area contributed by atoms with Crippen molar-refractivity contribution in [3.8, 4) is 0 Å². The zero-order chi connectivity index (χ0) is 14.4. The Labute approximate surface area is 113 Å². The molecule has 1 heterocycles. The number of carbonyl (C=O) groups is 2. The van der Waals surface area contributed by atoms with Crippen molar-refractivity contribution < 1.29 is 14.7 Å². The molecule has 1 aromatic heterocycles. The van der Waals surface area contributed by atoms with Crippen molar-refractivity contribution in [2.75, 3.05) is 0 Å². The van der Waals surface area contributed by atoms with Crippen LogP contribution in [0.5, 0.6) is 0 Å². The van der Waals surface area contributed by atoms with Gasteiger partial charge in [-0.15, -0.1) is 0 Å². The molecule has 0 saturated carbocycles. The fraction of sp³-hybridized carbons (Fsp3) is 0.500. The van der Waals surface area contributed by atoms with Crippen LogP contribution in [-0.2, 0) is 16.0 Å². The average Bonchev–Trinajstić information content (AvgIpc) is 2.37. The summed E-state index contributed by atoms with van der Waals surface area (Å²) in [5, 5.41) is 11.7. The van der Waals surface area contributed by atoms with Gasteiger partial charge in [-0.2, -0.15) is 0 Å². The summed E-state index contributed by atoms with van der Waals surface area (Å²) in [6, 6.07) is 2.83. The summed E-state index contributed by atoms with van der Waals surface area (Å²) in [6.45, 7) is 5.58. The Bertz CT molecular complexity index is 460. The number of carbonyl (C=O) groups excluding carboxylic acids is 1. The fourth-order valence-corrected chi connectivity index (χ4v) is 1.76. The first-order valence-electron chi connectivity index (χ1n) is 6.38. The molecule has 104 valence electrons. The van der Waals surface area contributed by atoms with Crippen molar-refractivity contribution >= 4 is 11.9 Å². The van der Waals surface area contributed by atoms with Crippen molar-refractivity contribution in [2.45, 2.75) is 39.7 Å². The molecule has 19 heavy (non-hydrogen) atoms. The summed E-state index contributed by atoms with van der Waals surface area (Å²) < 4.78 is 0. The van der Waals surface area contributed by atoms with E-state index in [1.807, 2.05) is 26.8 Å². The van der Waals surface area contributed by atoms with Crippen LogP contribution < -0.4 is 5.32 Å². The number of carboxylic acids is 1. The lowest BCUT2D eigenvalue weighted by atomic mass is 9.99. The van der Waals surface area contributed by atoms with E-state index in [1.54, 1.807) is 12.3 Å². The fourth-order valence-electron chi connectivity index (χ4n) is 1.76. The molecular weight excluding hydrogens is 244 g/mol. The van der Waals surface area contributed by atoms with Crippen LogP contribution in [0.2, 0.25) is 0 Å². The van der Waals surface area contributed by atoms with Crippen molar-refractivity contribution in [3.05, 3.63) is 29.6 Å². The third kappa shape index (κ3) is 4.35. The molecule has 0 saturated heterocycles. The van der Waals surface area contributed by atoms with E-state index in [-0.39, 0.29) is 18.2 Å². The van der Waals surface area contributed by atoms with E-state index in [0.29, 0.717) is 12.1 Å². The first-order valence-corrected chi connectivity index (χ1v) is 6.38. The summed E-state index contributed by atoms with van der Waals surface area (Å²) in [5.41, 5.74) is 1.60. The first-order chi connectivity index (χ1) is 8.95. The maximum absolute atomic E-state index is 11.9.